The molecule has 0 radical (unpaired) electrons. The van der Waals surface area contributed by atoms with Crippen molar-refractivity contribution in [3.63, 3.8) is 0 Å². The monoisotopic (exact) mass is 296 g/mol. The summed E-state index contributed by atoms with van der Waals surface area (Å²) in [5.74, 6) is 0. The van der Waals surface area contributed by atoms with E-state index in [-0.39, 0.29) is 0 Å². The van der Waals surface area contributed by atoms with Crippen LogP contribution >= 0.6 is 0 Å². The molecule has 2 rings (SSSR count). The highest BCUT2D eigenvalue weighted by molar-refractivity contribution is 5.76. The quantitative estimate of drug-likeness (QED) is 0.624. The average Bonchev–Trinajstić information content (AvgIpc) is 2.59. The van der Waals surface area contributed by atoms with Gasteiger partial charge in [0, 0.05) is 0 Å². The number of urea groups is 1. The summed E-state index contributed by atoms with van der Waals surface area (Å²) in [4.78, 5) is 11.6. The Hall–Kier alpha value is -2.69. The number of nitrogens with zero attached hydrogens (tertiary/aromatic N) is 2. The van der Waals surface area contributed by atoms with Crippen LogP contribution in [0.15, 0.2) is 58.8 Å². The largest absolute Gasteiger partial charge is 0.378 e. The van der Waals surface area contributed by atoms with E-state index in [1.807, 2.05) is 48.5 Å². The highest BCUT2D eigenvalue weighted by Crippen LogP contribution is 2.14. The van der Waals surface area contributed by atoms with E-state index in [0.29, 0.717) is 5.69 Å². The first-order valence-corrected chi connectivity index (χ1v) is 7.37. The van der Waals surface area contributed by atoms with Crippen molar-refractivity contribution < 1.29 is 4.79 Å². The van der Waals surface area contributed by atoms with Crippen molar-refractivity contribution in [1.29, 1.82) is 0 Å². The van der Waals surface area contributed by atoms with Crippen molar-refractivity contribution in [2.75, 3.05) is 5.43 Å². The van der Waals surface area contributed by atoms with Crippen LogP contribution in [0.1, 0.15) is 25.0 Å². The van der Waals surface area contributed by atoms with E-state index in [1.165, 1.54) is 11.1 Å². The number of carbonyl (C=O) groups is 1. The molecule has 0 atom stereocenters. The van der Waals surface area contributed by atoms with E-state index in [9.17, 15) is 4.79 Å². The third-order valence-corrected chi connectivity index (χ3v) is 3.28. The molecule has 0 saturated heterocycles. The molecule has 0 bridgehead atoms. The zero-order chi connectivity index (χ0) is 15.8. The van der Waals surface area contributed by atoms with E-state index >= 15 is 0 Å². The Balaban J connectivity index is 1.84. The lowest BCUT2D eigenvalue weighted by Gasteiger charge is -2.06. The van der Waals surface area contributed by atoms with Gasteiger partial charge < -0.3 is 0 Å². The molecule has 5 nitrogen and oxygen atoms in total. The summed E-state index contributed by atoms with van der Waals surface area (Å²) >= 11 is 0. The first-order chi connectivity index (χ1) is 10.7. The van der Waals surface area contributed by atoms with Crippen molar-refractivity contribution in [2.24, 2.45) is 10.2 Å². The van der Waals surface area contributed by atoms with Crippen LogP contribution in [-0.2, 0) is 12.8 Å². The lowest BCUT2D eigenvalue weighted by atomic mass is 10.2. The molecule has 2 amide bonds. The van der Waals surface area contributed by atoms with Gasteiger partial charge in [-0.05, 0) is 48.2 Å². The number of benzene rings is 2. The minimum atomic E-state index is -0.542. The van der Waals surface area contributed by atoms with Crippen LogP contribution in [0.25, 0.3) is 0 Å². The standard InChI is InChI=1S/C17H20N4O/c1-3-13-5-9-15(10-6-13)18-20-17(22)21-19-16-11-7-14(4-2)8-12-16/h5-12,18H,3-4H2,1-2H3,(H,20,22). The molecule has 0 saturated carbocycles. The smallest absolute Gasteiger partial charge is 0.297 e. The van der Waals surface area contributed by atoms with Crippen LogP contribution in [0.3, 0.4) is 0 Å². The second-order valence-corrected chi connectivity index (χ2v) is 4.83. The first kappa shape index (κ1) is 15.7. The zero-order valence-electron chi connectivity index (χ0n) is 12.8. The van der Waals surface area contributed by atoms with Crippen molar-refractivity contribution in [2.45, 2.75) is 26.7 Å². The Labute approximate surface area is 130 Å². The molecule has 0 aliphatic heterocycles. The minimum absolute atomic E-state index is 0.542. The molecule has 0 aliphatic rings. The molecule has 5 heteroatoms. The van der Waals surface area contributed by atoms with Gasteiger partial charge in [-0.1, -0.05) is 43.2 Å². The molecule has 0 aromatic heterocycles. The third kappa shape index (κ3) is 4.70. The lowest BCUT2D eigenvalue weighted by Crippen LogP contribution is -2.26. The van der Waals surface area contributed by atoms with Crippen molar-refractivity contribution in [3.8, 4) is 0 Å². The number of rotatable bonds is 5. The third-order valence-electron chi connectivity index (χ3n) is 3.28. The maximum Gasteiger partial charge on any atom is 0.378 e. The number of hydrogen-bond acceptors (Lipinski definition) is 3. The number of nitrogens with one attached hydrogen (secondary N) is 2. The summed E-state index contributed by atoms with van der Waals surface area (Å²) < 4.78 is 0. The predicted molar refractivity (Wildman–Crippen MR) is 88.3 cm³/mol. The molecule has 0 aliphatic carbocycles. The van der Waals surface area contributed by atoms with Gasteiger partial charge in [0.1, 0.15) is 0 Å². The topological polar surface area (TPSA) is 65.8 Å². The van der Waals surface area contributed by atoms with Gasteiger partial charge in [-0.25, -0.2) is 10.2 Å². The number of azo groups is 1. The molecule has 2 aromatic rings. The van der Waals surface area contributed by atoms with Gasteiger partial charge in [-0.2, -0.15) is 0 Å². The molecule has 114 valence electrons. The molecule has 0 heterocycles. The number of carbonyl (C=O) groups excluding carboxylic acids is 1. The van der Waals surface area contributed by atoms with E-state index in [4.69, 9.17) is 0 Å². The molecule has 0 spiro atoms. The Morgan fingerprint density at radius 2 is 1.45 bits per heavy atom. The maximum atomic E-state index is 11.6. The van der Waals surface area contributed by atoms with Gasteiger partial charge in [0.05, 0.1) is 11.4 Å². The minimum Gasteiger partial charge on any atom is -0.297 e. The summed E-state index contributed by atoms with van der Waals surface area (Å²) in [5.41, 5.74) is 9.19. The summed E-state index contributed by atoms with van der Waals surface area (Å²) in [5, 5.41) is 7.51. The van der Waals surface area contributed by atoms with E-state index in [2.05, 4.69) is 34.9 Å². The Bertz CT molecular complexity index is 633. The van der Waals surface area contributed by atoms with Crippen LogP contribution in [0.4, 0.5) is 16.2 Å². The fourth-order valence-corrected chi connectivity index (χ4v) is 1.88. The fraction of sp³-hybridized carbons (Fsp3) is 0.235. The van der Waals surface area contributed by atoms with Gasteiger partial charge in [0.15, 0.2) is 0 Å². The fourth-order valence-electron chi connectivity index (χ4n) is 1.88. The van der Waals surface area contributed by atoms with E-state index < -0.39 is 6.03 Å². The molecule has 2 N–H and O–H groups in total. The van der Waals surface area contributed by atoms with Gasteiger partial charge in [-0.15, -0.1) is 5.11 Å². The lowest BCUT2D eigenvalue weighted by molar-refractivity contribution is 0.249. The number of anilines is 1. The van der Waals surface area contributed by atoms with Crippen molar-refractivity contribution >= 4 is 17.4 Å². The van der Waals surface area contributed by atoms with Crippen LogP contribution in [0, 0.1) is 0 Å². The highest BCUT2D eigenvalue weighted by atomic mass is 16.2. The first-order valence-electron chi connectivity index (χ1n) is 7.37. The van der Waals surface area contributed by atoms with Crippen LogP contribution in [0.2, 0.25) is 0 Å². The second kappa shape index (κ2) is 7.93. The summed E-state index contributed by atoms with van der Waals surface area (Å²) in [6, 6.07) is 14.9. The van der Waals surface area contributed by atoms with Crippen LogP contribution in [0.5, 0.6) is 0 Å². The van der Waals surface area contributed by atoms with Crippen molar-refractivity contribution in [1.82, 2.24) is 5.43 Å². The van der Waals surface area contributed by atoms with Gasteiger partial charge >= 0.3 is 6.03 Å². The number of hydrogen-bond donors (Lipinski definition) is 2. The SMILES string of the molecule is CCc1ccc(N=NC(=O)NNc2ccc(CC)cc2)cc1. The maximum absolute atomic E-state index is 11.6. The Morgan fingerprint density at radius 1 is 0.909 bits per heavy atom. The van der Waals surface area contributed by atoms with Gasteiger partial charge in [-0.3, -0.25) is 5.43 Å². The van der Waals surface area contributed by atoms with E-state index in [1.54, 1.807) is 0 Å². The van der Waals surface area contributed by atoms with Crippen LogP contribution < -0.4 is 10.9 Å². The van der Waals surface area contributed by atoms with Crippen LogP contribution in [-0.4, -0.2) is 6.03 Å². The average molecular weight is 296 g/mol. The Kier molecular flexibility index (Phi) is 5.65. The van der Waals surface area contributed by atoms with Gasteiger partial charge in [0.2, 0.25) is 0 Å². The molecular formula is C17H20N4O. The molecule has 0 unspecified atom stereocenters. The normalized spacial score (nSPS) is 10.6. The molecule has 2 aromatic carbocycles. The second-order valence-electron chi connectivity index (χ2n) is 4.83. The van der Waals surface area contributed by atoms with E-state index in [0.717, 1.165) is 18.5 Å². The summed E-state index contributed by atoms with van der Waals surface area (Å²) in [6.07, 6.45) is 1.95. The number of aryl methyl sites for hydroxylation is 2. The molecule has 22 heavy (non-hydrogen) atoms. The summed E-state index contributed by atoms with van der Waals surface area (Å²) in [6.45, 7) is 4.18. The van der Waals surface area contributed by atoms with Gasteiger partial charge in [0.25, 0.3) is 0 Å². The predicted octanol–water partition coefficient (Wildman–Crippen LogP) is 4.63. The number of amides is 2. The summed E-state index contributed by atoms with van der Waals surface area (Å²) in [7, 11) is 0. The molecule has 0 fully saturated rings. The molecular weight excluding hydrogens is 276 g/mol. The Morgan fingerprint density at radius 3 is 2.00 bits per heavy atom. The zero-order valence-corrected chi connectivity index (χ0v) is 12.8. The van der Waals surface area contributed by atoms with Crippen molar-refractivity contribution in [3.05, 3.63) is 59.7 Å². The highest BCUT2D eigenvalue weighted by Gasteiger charge is 1.98. The number of hydrazine groups is 1.